The van der Waals surface area contributed by atoms with E-state index in [0.29, 0.717) is 22.8 Å². The van der Waals surface area contributed by atoms with Crippen LogP contribution in [0, 0.1) is 0 Å². The number of carbonyl (C=O) groups excluding carboxylic acids is 2. The minimum Gasteiger partial charge on any atom is -0.493 e. The smallest absolute Gasteiger partial charge is 0.259 e. The predicted molar refractivity (Wildman–Crippen MR) is 100 cm³/mol. The van der Waals surface area contributed by atoms with Gasteiger partial charge in [0, 0.05) is 0 Å². The standard InChI is InChI=1S/C19H21N3O5/c1-25-16-9-8-14(10-17(16)26-2)11-21-22-18(23)12-20-19(24)13-27-15-6-4-3-5-7-15/h3-11H,12-13H2,1-2H3,(H,20,24)(H,22,23)/b21-11-. The van der Waals surface area contributed by atoms with Gasteiger partial charge < -0.3 is 19.5 Å². The van der Waals surface area contributed by atoms with Crippen molar-refractivity contribution in [3.8, 4) is 17.2 Å². The summed E-state index contributed by atoms with van der Waals surface area (Å²) in [5.74, 6) is 0.867. The lowest BCUT2D eigenvalue weighted by atomic mass is 10.2. The van der Waals surface area contributed by atoms with E-state index in [0.717, 1.165) is 0 Å². The van der Waals surface area contributed by atoms with Crippen molar-refractivity contribution in [2.24, 2.45) is 5.10 Å². The van der Waals surface area contributed by atoms with Gasteiger partial charge in [-0.25, -0.2) is 5.43 Å². The third-order valence-corrected chi connectivity index (χ3v) is 3.37. The van der Waals surface area contributed by atoms with Gasteiger partial charge in [-0.15, -0.1) is 0 Å². The fourth-order valence-corrected chi connectivity index (χ4v) is 2.05. The van der Waals surface area contributed by atoms with E-state index in [4.69, 9.17) is 14.2 Å². The first kappa shape index (κ1) is 19.8. The molecule has 2 aromatic carbocycles. The summed E-state index contributed by atoms with van der Waals surface area (Å²) in [4.78, 5) is 23.4. The van der Waals surface area contributed by atoms with Gasteiger partial charge in [0.15, 0.2) is 18.1 Å². The van der Waals surface area contributed by atoms with E-state index < -0.39 is 11.8 Å². The van der Waals surface area contributed by atoms with Crippen molar-refractivity contribution in [1.29, 1.82) is 0 Å². The number of hydrogen-bond donors (Lipinski definition) is 2. The fourth-order valence-electron chi connectivity index (χ4n) is 2.05. The minimum absolute atomic E-state index is 0.174. The highest BCUT2D eigenvalue weighted by molar-refractivity contribution is 5.87. The van der Waals surface area contributed by atoms with Gasteiger partial charge in [-0.1, -0.05) is 18.2 Å². The lowest BCUT2D eigenvalue weighted by molar-refractivity contribution is -0.127. The summed E-state index contributed by atoms with van der Waals surface area (Å²) in [7, 11) is 3.08. The molecular formula is C19H21N3O5. The highest BCUT2D eigenvalue weighted by Crippen LogP contribution is 2.26. The van der Waals surface area contributed by atoms with Gasteiger partial charge in [-0.3, -0.25) is 9.59 Å². The maximum atomic E-state index is 11.7. The summed E-state index contributed by atoms with van der Waals surface area (Å²) in [6, 6.07) is 14.1. The van der Waals surface area contributed by atoms with Crippen molar-refractivity contribution in [3.05, 3.63) is 54.1 Å². The van der Waals surface area contributed by atoms with Crippen molar-refractivity contribution in [1.82, 2.24) is 10.7 Å². The van der Waals surface area contributed by atoms with Crippen molar-refractivity contribution in [2.75, 3.05) is 27.4 Å². The molecule has 0 atom stereocenters. The molecule has 0 fully saturated rings. The molecular weight excluding hydrogens is 350 g/mol. The Morgan fingerprint density at radius 3 is 2.44 bits per heavy atom. The van der Waals surface area contributed by atoms with Crippen LogP contribution in [0.1, 0.15) is 5.56 Å². The lowest BCUT2D eigenvalue weighted by Gasteiger charge is -2.07. The summed E-state index contributed by atoms with van der Waals surface area (Å²) in [6.45, 7) is -0.382. The van der Waals surface area contributed by atoms with Crippen LogP contribution in [0.15, 0.2) is 53.6 Å². The predicted octanol–water partition coefficient (Wildman–Crippen LogP) is 1.35. The summed E-state index contributed by atoms with van der Waals surface area (Å²) in [5, 5.41) is 6.29. The normalized spacial score (nSPS) is 10.3. The third-order valence-electron chi connectivity index (χ3n) is 3.37. The number of hydrogen-bond acceptors (Lipinski definition) is 6. The Hall–Kier alpha value is -3.55. The van der Waals surface area contributed by atoms with Gasteiger partial charge in [-0.05, 0) is 35.9 Å². The number of para-hydroxylation sites is 1. The average molecular weight is 371 g/mol. The highest BCUT2D eigenvalue weighted by Gasteiger charge is 2.06. The first-order valence-corrected chi connectivity index (χ1v) is 8.11. The number of nitrogens with zero attached hydrogens (tertiary/aromatic N) is 1. The van der Waals surface area contributed by atoms with Crippen molar-refractivity contribution in [2.45, 2.75) is 0 Å². The molecule has 8 nitrogen and oxygen atoms in total. The monoisotopic (exact) mass is 371 g/mol. The molecule has 0 unspecified atom stereocenters. The van der Waals surface area contributed by atoms with E-state index in [9.17, 15) is 9.59 Å². The topological polar surface area (TPSA) is 98.2 Å². The zero-order chi connectivity index (χ0) is 19.5. The molecule has 27 heavy (non-hydrogen) atoms. The number of hydrazone groups is 1. The quantitative estimate of drug-likeness (QED) is 0.512. The fraction of sp³-hybridized carbons (Fsp3) is 0.211. The number of methoxy groups -OCH3 is 2. The Bertz CT molecular complexity index is 793. The van der Waals surface area contributed by atoms with Crippen LogP contribution >= 0.6 is 0 Å². The summed E-state index contributed by atoms with van der Waals surface area (Å²) in [6.07, 6.45) is 1.46. The number of amides is 2. The molecule has 0 saturated carbocycles. The number of rotatable bonds is 9. The Morgan fingerprint density at radius 1 is 1.00 bits per heavy atom. The number of benzene rings is 2. The molecule has 0 aliphatic carbocycles. The summed E-state index contributed by atoms with van der Waals surface area (Å²) >= 11 is 0. The third kappa shape index (κ3) is 6.69. The first-order chi connectivity index (χ1) is 13.1. The van der Waals surface area contributed by atoms with E-state index >= 15 is 0 Å². The molecule has 8 heteroatoms. The summed E-state index contributed by atoms with van der Waals surface area (Å²) < 4.78 is 15.6. The Balaban J connectivity index is 1.72. The van der Waals surface area contributed by atoms with Crippen LogP contribution in [-0.2, 0) is 9.59 Å². The SMILES string of the molecule is COc1ccc(/C=N\NC(=O)CNC(=O)COc2ccccc2)cc1OC. The molecule has 0 aliphatic heterocycles. The van der Waals surface area contributed by atoms with Crippen LogP contribution < -0.4 is 25.0 Å². The number of carbonyl (C=O) groups is 2. The number of nitrogens with one attached hydrogen (secondary N) is 2. The molecule has 2 amide bonds. The van der Waals surface area contributed by atoms with E-state index in [1.807, 2.05) is 6.07 Å². The van der Waals surface area contributed by atoms with Crippen molar-refractivity contribution < 1.29 is 23.8 Å². The molecule has 0 aromatic heterocycles. The van der Waals surface area contributed by atoms with E-state index in [2.05, 4.69) is 15.8 Å². The minimum atomic E-state index is -0.459. The van der Waals surface area contributed by atoms with Gasteiger partial charge in [0.1, 0.15) is 5.75 Å². The van der Waals surface area contributed by atoms with Gasteiger partial charge in [-0.2, -0.15) is 5.10 Å². The Morgan fingerprint density at radius 2 is 1.74 bits per heavy atom. The molecule has 0 heterocycles. The van der Waals surface area contributed by atoms with Crippen LogP contribution in [0.4, 0.5) is 0 Å². The van der Waals surface area contributed by atoms with E-state index in [-0.39, 0.29) is 13.2 Å². The zero-order valence-corrected chi connectivity index (χ0v) is 15.1. The first-order valence-electron chi connectivity index (χ1n) is 8.11. The largest absolute Gasteiger partial charge is 0.493 e. The van der Waals surface area contributed by atoms with Gasteiger partial charge in [0.2, 0.25) is 0 Å². The van der Waals surface area contributed by atoms with Crippen molar-refractivity contribution >= 4 is 18.0 Å². The molecule has 0 bridgehead atoms. The van der Waals surface area contributed by atoms with E-state index in [1.54, 1.807) is 49.6 Å². The molecule has 2 N–H and O–H groups in total. The van der Waals surface area contributed by atoms with Crippen molar-refractivity contribution in [3.63, 3.8) is 0 Å². The lowest BCUT2D eigenvalue weighted by Crippen LogP contribution is -2.37. The van der Waals surface area contributed by atoms with E-state index in [1.165, 1.54) is 13.3 Å². The molecule has 2 aromatic rings. The van der Waals surface area contributed by atoms with Crippen LogP contribution in [0.2, 0.25) is 0 Å². The Kier molecular flexibility index (Phi) is 7.65. The summed E-state index contributed by atoms with van der Waals surface area (Å²) in [5.41, 5.74) is 3.05. The maximum absolute atomic E-state index is 11.7. The van der Waals surface area contributed by atoms with Gasteiger partial charge in [0.05, 0.1) is 27.0 Å². The molecule has 142 valence electrons. The highest BCUT2D eigenvalue weighted by atomic mass is 16.5. The van der Waals surface area contributed by atoms with Crippen LogP contribution in [0.5, 0.6) is 17.2 Å². The van der Waals surface area contributed by atoms with Crippen LogP contribution in [0.25, 0.3) is 0 Å². The van der Waals surface area contributed by atoms with Crippen LogP contribution in [0.3, 0.4) is 0 Å². The molecule has 0 radical (unpaired) electrons. The molecule has 0 saturated heterocycles. The average Bonchev–Trinajstić information content (AvgIpc) is 2.71. The Labute approximate surface area is 157 Å². The second kappa shape index (κ2) is 10.4. The van der Waals surface area contributed by atoms with Gasteiger partial charge >= 0.3 is 0 Å². The second-order valence-corrected chi connectivity index (χ2v) is 5.29. The number of ether oxygens (including phenoxy) is 3. The van der Waals surface area contributed by atoms with Crippen LogP contribution in [-0.4, -0.2) is 45.4 Å². The zero-order valence-electron chi connectivity index (χ0n) is 15.1. The molecule has 0 aliphatic rings. The molecule has 2 rings (SSSR count). The second-order valence-electron chi connectivity index (χ2n) is 5.29. The maximum Gasteiger partial charge on any atom is 0.259 e. The van der Waals surface area contributed by atoms with Gasteiger partial charge in [0.25, 0.3) is 11.8 Å². The molecule has 0 spiro atoms.